The van der Waals surface area contributed by atoms with Gasteiger partial charge in [0, 0.05) is 7.11 Å². The minimum Gasteiger partial charge on any atom is -0.459 e. The van der Waals surface area contributed by atoms with Crippen molar-refractivity contribution < 1.29 is 14.3 Å². The topological polar surface area (TPSA) is 47.6 Å². The minimum absolute atomic E-state index is 0.170. The molecule has 0 aromatic rings. The Bertz CT molecular complexity index is 222. The third-order valence-corrected chi connectivity index (χ3v) is 2.38. The first-order valence-electron chi connectivity index (χ1n) is 5.41. The zero-order chi connectivity index (χ0) is 11.5. The Labute approximate surface area is 91.3 Å². The summed E-state index contributed by atoms with van der Waals surface area (Å²) in [6.45, 7) is 6.44. The molecule has 1 aliphatic heterocycles. The zero-order valence-corrected chi connectivity index (χ0v) is 10.0. The Balaban J connectivity index is 2.45. The molecule has 4 nitrogen and oxygen atoms in total. The third-order valence-electron chi connectivity index (χ3n) is 2.38. The summed E-state index contributed by atoms with van der Waals surface area (Å²) in [5, 5.41) is 3.15. The first-order valence-corrected chi connectivity index (χ1v) is 5.41. The van der Waals surface area contributed by atoms with Crippen LogP contribution in [0.25, 0.3) is 0 Å². The molecule has 4 heteroatoms. The number of esters is 1. The van der Waals surface area contributed by atoms with Gasteiger partial charge >= 0.3 is 5.97 Å². The molecule has 0 saturated carbocycles. The maximum Gasteiger partial charge on any atom is 0.323 e. The van der Waals surface area contributed by atoms with Gasteiger partial charge in [-0.3, -0.25) is 4.79 Å². The fourth-order valence-corrected chi connectivity index (χ4v) is 1.65. The molecule has 1 N–H and O–H groups in total. The van der Waals surface area contributed by atoms with Crippen molar-refractivity contribution in [2.24, 2.45) is 0 Å². The largest absolute Gasteiger partial charge is 0.459 e. The molecule has 2 atom stereocenters. The normalized spacial score (nSPS) is 27.5. The highest BCUT2D eigenvalue weighted by atomic mass is 16.6. The van der Waals surface area contributed by atoms with Gasteiger partial charge in [0.1, 0.15) is 11.6 Å². The predicted octanol–water partition coefficient (Wildman–Crippen LogP) is 1.10. The molecule has 0 amide bonds. The maximum absolute atomic E-state index is 11.7. The highest BCUT2D eigenvalue weighted by molar-refractivity contribution is 5.76. The van der Waals surface area contributed by atoms with Crippen molar-refractivity contribution in [3.8, 4) is 0 Å². The van der Waals surface area contributed by atoms with Crippen LogP contribution in [0.5, 0.6) is 0 Å². The number of rotatable bonds is 2. The van der Waals surface area contributed by atoms with Crippen LogP contribution in [0.15, 0.2) is 0 Å². The van der Waals surface area contributed by atoms with Crippen LogP contribution in [0, 0.1) is 0 Å². The number of piperidine rings is 1. The molecule has 0 aromatic heterocycles. The number of hydrogen-bond acceptors (Lipinski definition) is 4. The van der Waals surface area contributed by atoms with Crippen LogP contribution in [0.3, 0.4) is 0 Å². The summed E-state index contributed by atoms with van der Waals surface area (Å²) in [6, 6.07) is -0.220. The Morgan fingerprint density at radius 1 is 1.40 bits per heavy atom. The third kappa shape index (κ3) is 4.18. The quantitative estimate of drug-likeness (QED) is 0.701. The van der Waals surface area contributed by atoms with Crippen LogP contribution in [0.1, 0.15) is 33.6 Å². The van der Waals surface area contributed by atoms with Crippen LogP contribution in [-0.2, 0) is 14.3 Å². The Kier molecular flexibility index (Phi) is 4.11. The van der Waals surface area contributed by atoms with Gasteiger partial charge in [0.05, 0.1) is 6.10 Å². The Morgan fingerprint density at radius 2 is 2.07 bits per heavy atom. The summed E-state index contributed by atoms with van der Waals surface area (Å²) in [6.07, 6.45) is 1.82. The minimum atomic E-state index is -0.418. The summed E-state index contributed by atoms with van der Waals surface area (Å²) in [4.78, 5) is 11.7. The monoisotopic (exact) mass is 215 g/mol. The van der Waals surface area contributed by atoms with Crippen LogP contribution < -0.4 is 5.32 Å². The predicted molar refractivity (Wildman–Crippen MR) is 57.7 cm³/mol. The average Bonchev–Trinajstić information content (AvgIpc) is 2.15. The second-order valence-electron chi connectivity index (χ2n) is 4.92. The lowest BCUT2D eigenvalue weighted by Gasteiger charge is -2.30. The van der Waals surface area contributed by atoms with Gasteiger partial charge in [-0.1, -0.05) is 0 Å². The molecule has 1 heterocycles. The van der Waals surface area contributed by atoms with E-state index in [1.165, 1.54) is 0 Å². The highest BCUT2D eigenvalue weighted by Crippen LogP contribution is 2.15. The SMILES string of the molecule is CO[C@@H]1CCN[C@H](C(=O)OC(C)(C)C)C1. The van der Waals surface area contributed by atoms with Gasteiger partial charge in [0.25, 0.3) is 0 Å². The van der Waals surface area contributed by atoms with E-state index in [2.05, 4.69) is 5.32 Å². The number of carbonyl (C=O) groups excluding carboxylic acids is 1. The molecule has 0 bridgehead atoms. The standard InChI is InChI=1S/C11H21NO3/c1-11(2,3)15-10(13)9-7-8(14-4)5-6-12-9/h8-9,12H,5-7H2,1-4H3/t8-,9+/m1/s1. The van der Waals surface area contributed by atoms with Crippen molar-refractivity contribution in [1.29, 1.82) is 0 Å². The van der Waals surface area contributed by atoms with Crippen LogP contribution in [-0.4, -0.2) is 37.4 Å². The van der Waals surface area contributed by atoms with Crippen molar-refractivity contribution >= 4 is 5.97 Å². The van der Waals surface area contributed by atoms with E-state index in [0.29, 0.717) is 6.42 Å². The van der Waals surface area contributed by atoms with Gasteiger partial charge < -0.3 is 14.8 Å². The molecule has 0 aromatic carbocycles. The van der Waals surface area contributed by atoms with Crippen LogP contribution >= 0.6 is 0 Å². The van der Waals surface area contributed by atoms with Gasteiger partial charge in [0.15, 0.2) is 0 Å². The first kappa shape index (κ1) is 12.5. The molecular weight excluding hydrogens is 194 g/mol. The number of ether oxygens (including phenoxy) is 2. The molecule has 88 valence electrons. The van der Waals surface area contributed by atoms with Crippen LogP contribution in [0.2, 0.25) is 0 Å². The van der Waals surface area contributed by atoms with E-state index in [1.54, 1.807) is 7.11 Å². The van der Waals surface area contributed by atoms with Crippen molar-refractivity contribution in [3.05, 3.63) is 0 Å². The lowest BCUT2D eigenvalue weighted by atomic mass is 10.0. The van der Waals surface area contributed by atoms with Gasteiger partial charge in [-0.2, -0.15) is 0 Å². The van der Waals surface area contributed by atoms with E-state index in [1.807, 2.05) is 20.8 Å². The molecule has 0 unspecified atom stereocenters. The second-order valence-corrected chi connectivity index (χ2v) is 4.92. The molecule has 1 aliphatic rings. The van der Waals surface area contributed by atoms with E-state index in [4.69, 9.17) is 9.47 Å². The highest BCUT2D eigenvalue weighted by Gasteiger charge is 2.30. The van der Waals surface area contributed by atoms with Crippen molar-refractivity contribution in [2.45, 2.75) is 51.4 Å². The van der Waals surface area contributed by atoms with Crippen molar-refractivity contribution in [1.82, 2.24) is 5.32 Å². The fourth-order valence-electron chi connectivity index (χ4n) is 1.65. The molecule has 0 aliphatic carbocycles. The number of nitrogens with one attached hydrogen (secondary N) is 1. The molecule has 15 heavy (non-hydrogen) atoms. The molecule has 0 radical (unpaired) electrons. The maximum atomic E-state index is 11.7. The van der Waals surface area contributed by atoms with E-state index in [9.17, 15) is 4.79 Å². The van der Waals surface area contributed by atoms with E-state index in [-0.39, 0.29) is 18.1 Å². The summed E-state index contributed by atoms with van der Waals surface area (Å²) in [5.41, 5.74) is -0.418. The second kappa shape index (κ2) is 4.94. The number of methoxy groups -OCH3 is 1. The molecule has 1 saturated heterocycles. The smallest absolute Gasteiger partial charge is 0.323 e. The number of hydrogen-bond donors (Lipinski definition) is 1. The van der Waals surface area contributed by atoms with Gasteiger partial charge in [-0.05, 0) is 40.2 Å². The zero-order valence-electron chi connectivity index (χ0n) is 10.0. The van der Waals surface area contributed by atoms with Crippen molar-refractivity contribution in [2.75, 3.05) is 13.7 Å². The van der Waals surface area contributed by atoms with Gasteiger partial charge in [-0.25, -0.2) is 0 Å². The van der Waals surface area contributed by atoms with Gasteiger partial charge in [-0.15, -0.1) is 0 Å². The summed E-state index contributed by atoms with van der Waals surface area (Å²) < 4.78 is 10.6. The fraction of sp³-hybridized carbons (Fsp3) is 0.909. The number of carbonyl (C=O) groups is 1. The Hall–Kier alpha value is -0.610. The average molecular weight is 215 g/mol. The summed E-state index contributed by atoms with van der Waals surface area (Å²) >= 11 is 0. The first-order chi connectivity index (χ1) is 6.92. The summed E-state index contributed by atoms with van der Waals surface area (Å²) in [5.74, 6) is -0.177. The van der Waals surface area contributed by atoms with E-state index in [0.717, 1.165) is 13.0 Å². The Morgan fingerprint density at radius 3 is 2.60 bits per heavy atom. The molecule has 1 rings (SSSR count). The van der Waals surface area contributed by atoms with Crippen LogP contribution in [0.4, 0.5) is 0 Å². The van der Waals surface area contributed by atoms with E-state index >= 15 is 0 Å². The molecule has 0 spiro atoms. The lowest BCUT2D eigenvalue weighted by Crippen LogP contribution is -2.48. The van der Waals surface area contributed by atoms with Crippen molar-refractivity contribution in [3.63, 3.8) is 0 Å². The molecule has 1 fully saturated rings. The summed E-state index contributed by atoms with van der Waals surface area (Å²) in [7, 11) is 1.68. The lowest BCUT2D eigenvalue weighted by molar-refractivity contribution is -0.159. The van der Waals surface area contributed by atoms with Gasteiger partial charge in [0.2, 0.25) is 0 Å². The molecular formula is C11H21NO3. The van der Waals surface area contributed by atoms with E-state index < -0.39 is 5.60 Å².